The van der Waals surface area contributed by atoms with E-state index in [1.54, 1.807) is 24.3 Å². The molecule has 3 aliphatic heterocycles. The summed E-state index contributed by atoms with van der Waals surface area (Å²) >= 11 is 0. The van der Waals surface area contributed by atoms with Crippen molar-refractivity contribution in [2.75, 3.05) is 36.0 Å². The van der Waals surface area contributed by atoms with Crippen molar-refractivity contribution in [1.82, 2.24) is 0 Å². The lowest BCUT2D eigenvalue weighted by Gasteiger charge is -2.34. The molecule has 0 aromatic heterocycles. The van der Waals surface area contributed by atoms with Crippen molar-refractivity contribution in [3.63, 3.8) is 0 Å². The Kier molecular flexibility index (Phi) is 5.32. The zero-order chi connectivity index (χ0) is 22.2. The third-order valence-corrected chi connectivity index (χ3v) is 6.84. The number of hydrogen-bond donors (Lipinski definition) is 2. The molecule has 3 heterocycles. The number of anilines is 2. The molecular formula is C24H26N4O4+2. The number of rotatable bonds is 4. The molecule has 164 valence electrons. The molecule has 8 heteroatoms. The predicted octanol–water partition coefficient (Wildman–Crippen LogP) is -1.57. The van der Waals surface area contributed by atoms with E-state index in [1.807, 2.05) is 36.4 Å². The Balaban J connectivity index is 1.23. The fourth-order valence-electron chi connectivity index (χ4n) is 5.19. The van der Waals surface area contributed by atoms with Gasteiger partial charge in [-0.2, -0.15) is 0 Å². The van der Waals surface area contributed by atoms with Gasteiger partial charge >= 0.3 is 0 Å². The van der Waals surface area contributed by atoms with Crippen molar-refractivity contribution in [1.29, 1.82) is 0 Å². The Hall–Kier alpha value is -3.36. The van der Waals surface area contributed by atoms with E-state index >= 15 is 0 Å². The van der Waals surface area contributed by atoms with E-state index in [2.05, 4.69) is 0 Å². The monoisotopic (exact) mass is 434 g/mol. The number of benzene rings is 2. The number of carbonyl (C=O) groups excluding carboxylic acids is 4. The number of nitrogens with one attached hydrogen (secondary N) is 2. The van der Waals surface area contributed by atoms with E-state index in [-0.39, 0.29) is 48.6 Å². The van der Waals surface area contributed by atoms with Crippen LogP contribution in [0.5, 0.6) is 0 Å². The van der Waals surface area contributed by atoms with Crippen molar-refractivity contribution in [2.45, 2.75) is 24.9 Å². The van der Waals surface area contributed by atoms with Crippen molar-refractivity contribution < 1.29 is 29.0 Å². The number of hydrogen-bond acceptors (Lipinski definition) is 4. The maximum absolute atomic E-state index is 13.0. The summed E-state index contributed by atoms with van der Waals surface area (Å²) in [5.74, 6) is -0.629. The van der Waals surface area contributed by atoms with Gasteiger partial charge in [-0.15, -0.1) is 0 Å². The maximum Gasteiger partial charge on any atom is 0.292 e. The highest BCUT2D eigenvalue weighted by Gasteiger charge is 2.50. The molecule has 8 nitrogen and oxygen atoms in total. The summed E-state index contributed by atoms with van der Waals surface area (Å²) in [6, 6.07) is 17.3. The van der Waals surface area contributed by atoms with Gasteiger partial charge in [0.25, 0.3) is 11.8 Å². The molecule has 0 aliphatic carbocycles. The van der Waals surface area contributed by atoms with Gasteiger partial charge in [-0.05, 0) is 24.3 Å². The Morgan fingerprint density at radius 1 is 0.562 bits per heavy atom. The van der Waals surface area contributed by atoms with Crippen molar-refractivity contribution >= 4 is 35.0 Å². The van der Waals surface area contributed by atoms with Crippen molar-refractivity contribution in [2.24, 2.45) is 0 Å². The van der Waals surface area contributed by atoms with E-state index in [4.69, 9.17) is 0 Å². The standard InChI is InChI=1S/C24H24N4O4/c29-21-15-19(23(31)27(21)17-7-3-1-4-8-17)25-11-13-26(14-12-25)20-16-22(30)28(24(20)32)18-9-5-2-6-10-18/h1-10,19-20H,11-16H2/p+2/t19-,20-/m0/s1. The second-order valence-corrected chi connectivity index (χ2v) is 8.64. The van der Waals surface area contributed by atoms with Crippen LogP contribution in [-0.2, 0) is 19.2 Å². The normalized spacial score (nSPS) is 28.6. The molecule has 3 aliphatic rings. The molecule has 3 saturated heterocycles. The first-order valence-electron chi connectivity index (χ1n) is 11.1. The van der Waals surface area contributed by atoms with Crippen LogP contribution >= 0.6 is 0 Å². The molecule has 0 spiro atoms. The maximum atomic E-state index is 13.0. The second kappa shape index (κ2) is 8.29. The number of nitrogens with zero attached hydrogens (tertiary/aromatic N) is 2. The number of imide groups is 2. The van der Waals surface area contributed by atoms with E-state index in [0.29, 0.717) is 37.6 Å². The average Bonchev–Trinajstić information content (AvgIpc) is 3.29. The minimum atomic E-state index is -0.383. The minimum Gasteiger partial charge on any atom is -0.315 e. The van der Waals surface area contributed by atoms with Gasteiger partial charge in [0.15, 0.2) is 12.1 Å². The average molecular weight is 434 g/mol. The number of piperazine rings is 1. The van der Waals surface area contributed by atoms with Gasteiger partial charge in [-0.1, -0.05) is 36.4 Å². The Bertz CT molecular complexity index is 965. The smallest absolute Gasteiger partial charge is 0.292 e. The lowest BCUT2D eigenvalue weighted by atomic mass is 10.1. The van der Waals surface area contributed by atoms with Crippen LogP contribution in [0.1, 0.15) is 12.8 Å². The van der Waals surface area contributed by atoms with Crippen molar-refractivity contribution in [3.05, 3.63) is 60.7 Å². The quantitative estimate of drug-likeness (QED) is 0.570. The Morgan fingerprint density at radius 3 is 1.25 bits per heavy atom. The molecule has 2 aromatic carbocycles. The molecule has 0 unspecified atom stereocenters. The van der Waals surface area contributed by atoms with Crippen LogP contribution in [0.3, 0.4) is 0 Å². The van der Waals surface area contributed by atoms with Gasteiger partial charge in [-0.25, -0.2) is 9.80 Å². The third-order valence-electron chi connectivity index (χ3n) is 6.84. The number of para-hydroxylation sites is 2. The van der Waals surface area contributed by atoms with Crippen LogP contribution in [0.2, 0.25) is 0 Å². The van der Waals surface area contributed by atoms with Gasteiger partial charge in [-0.3, -0.25) is 19.2 Å². The summed E-state index contributed by atoms with van der Waals surface area (Å²) in [6.07, 6.45) is 0.419. The Labute approximate surface area is 186 Å². The summed E-state index contributed by atoms with van der Waals surface area (Å²) in [7, 11) is 0. The predicted molar refractivity (Wildman–Crippen MR) is 116 cm³/mol. The number of carbonyl (C=O) groups is 4. The zero-order valence-electron chi connectivity index (χ0n) is 17.7. The molecule has 0 saturated carbocycles. The topological polar surface area (TPSA) is 83.6 Å². The fourth-order valence-corrected chi connectivity index (χ4v) is 5.19. The summed E-state index contributed by atoms with van der Waals surface area (Å²) in [6.45, 7) is 2.74. The number of quaternary nitrogens is 2. The first-order chi connectivity index (χ1) is 15.5. The van der Waals surface area contributed by atoms with E-state index in [9.17, 15) is 19.2 Å². The molecule has 2 aromatic rings. The van der Waals surface area contributed by atoms with Crippen LogP contribution in [0.25, 0.3) is 0 Å². The van der Waals surface area contributed by atoms with Gasteiger partial charge in [0.05, 0.1) is 24.2 Å². The molecular weight excluding hydrogens is 408 g/mol. The summed E-state index contributed by atoms with van der Waals surface area (Å²) in [5, 5.41) is 0. The number of amides is 4. The first kappa shape index (κ1) is 20.5. The molecule has 3 fully saturated rings. The highest BCUT2D eigenvalue weighted by Crippen LogP contribution is 2.22. The van der Waals surface area contributed by atoms with E-state index in [1.165, 1.54) is 9.80 Å². The highest BCUT2D eigenvalue weighted by atomic mass is 16.2. The van der Waals surface area contributed by atoms with E-state index in [0.717, 1.165) is 9.80 Å². The van der Waals surface area contributed by atoms with Gasteiger partial charge in [0.2, 0.25) is 11.8 Å². The van der Waals surface area contributed by atoms with Crippen LogP contribution < -0.4 is 19.6 Å². The summed E-state index contributed by atoms with van der Waals surface area (Å²) < 4.78 is 0. The molecule has 0 radical (unpaired) electrons. The lowest BCUT2D eigenvalue weighted by Crippen LogP contribution is -3.31. The largest absolute Gasteiger partial charge is 0.315 e. The molecule has 2 atom stereocenters. The molecule has 32 heavy (non-hydrogen) atoms. The molecule has 5 rings (SSSR count). The molecule has 4 amide bonds. The van der Waals surface area contributed by atoms with Crippen LogP contribution in [0.4, 0.5) is 11.4 Å². The fraction of sp³-hybridized carbons (Fsp3) is 0.333. The van der Waals surface area contributed by atoms with E-state index < -0.39 is 0 Å². The molecule has 0 bridgehead atoms. The zero-order valence-corrected chi connectivity index (χ0v) is 17.7. The van der Waals surface area contributed by atoms with Gasteiger partial charge in [0, 0.05) is 0 Å². The van der Waals surface area contributed by atoms with Crippen LogP contribution in [0, 0.1) is 0 Å². The second-order valence-electron chi connectivity index (χ2n) is 8.64. The minimum absolute atomic E-state index is 0.151. The lowest BCUT2D eigenvalue weighted by molar-refractivity contribution is -1.02. The van der Waals surface area contributed by atoms with Crippen LogP contribution in [0.15, 0.2) is 60.7 Å². The highest BCUT2D eigenvalue weighted by molar-refractivity contribution is 6.22. The molecule has 2 N–H and O–H groups in total. The van der Waals surface area contributed by atoms with Gasteiger partial charge < -0.3 is 9.80 Å². The Morgan fingerprint density at radius 2 is 0.906 bits per heavy atom. The summed E-state index contributed by atoms with van der Waals surface area (Å²) in [4.78, 5) is 55.9. The van der Waals surface area contributed by atoms with Gasteiger partial charge in [0.1, 0.15) is 26.2 Å². The SMILES string of the molecule is O=C1C[C@H]([NH+]2CC[NH+]([C@H]3CC(=O)N(c4ccccc4)C3=O)CC2)C(=O)N1c1ccccc1. The summed E-state index contributed by atoms with van der Waals surface area (Å²) in [5.41, 5.74) is 1.23. The van der Waals surface area contributed by atoms with Crippen LogP contribution in [-0.4, -0.2) is 61.9 Å². The van der Waals surface area contributed by atoms with Crippen molar-refractivity contribution in [3.8, 4) is 0 Å². The third kappa shape index (κ3) is 3.51. The first-order valence-corrected chi connectivity index (χ1v) is 11.1.